The second-order valence-corrected chi connectivity index (χ2v) is 3.29. The summed E-state index contributed by atoms with van der Waals surface area (Å²) in [6.45, 7) is 0. The van der Waals surface area contributed by atoms with Crippen molar-refractivity contribution in [1.29, 1.82) is 0 Å². The predicted octanol–water partition coefficient (Wildman–Crippen LogP) is 3.45. The number of hydrogen-bond donors (Lipinski definition) is 0. The molecule has 1 aromatic carbocycles. The maximum absolute atomic E-state index is 5.94. The Bertz CT molecular complexity index is 412. The average molecular weight is 213 g/mol. The van der Waals surface area contributed by atoms with Gasteiger partial charge in [0.2, 0.25) is 0 Å². The monoisotopic (exact) mass is 212 g/mol. The molecule has 0 aliphatic rings. The van der Waals surface area contributed by atoms with Gasteiger partial charge in [-0.15, -0.1) is 0 Å². The number of benzene rings is 1. The van der Waals surface area contributed by atoms with Crippen molar-refractivity contribution in [3.05, 3.63) is 40.9 Å². The molecule has 0 saturated carbocycles. The van der Waals surface area contributed by atoms with Gasteiger partial charge >= 0.3 is 0 Å². The molecule has 0 unspecified atom stereocenters. The summed E-state index contributed by atoms with van der Waals surface area (Å²) in [5.74, 6) is 0. The summed E-state index contributed by atoms with van der Waals surface area (Å²) in [5, 5.41) is 1.15. The van der Waals surface area contributed by atoms with E-state index < -0.39 is 0 Å². The molecular weight excluding hydrogens is 209 g/mol. The van der Waals surface area contributed by atoms with Crippen LogP contribution < -0.4 is 0 Å². The van der Waals surface area contributed by atoms with Crippen LogP contribution in [0.2, 0.25) is 10.0 Å². The van der Waals surface area contributed by atoms with Gasteiger partial charge in [-0.1, -0.05) is 23.2 Å². The molecule has 1 radical (unpaired) electrons. The molecular formula is C9H4Cl2NO. The quantitative estimate of drug-likeness (QED) is 0.724. The van der Waals surface area contributed by atoms with Gasteiger partial charge in [-0.2, -0.15) is 0 Å². The molecule has 0 aliphatic carbocycles. The molecule has 2 nitrogen and oxygen atoms in total. The van der Waals surface area contributed by atoms with Crippen LogP contribution in [0.4, 0.5) is 0 Å². The first-order valence-corrected chi connectivity index (χ1v) is 4.30. The summed E-state index contributed by atoms with van der Waals surface area (Å²) in [6, 6.07) is 5.20. The Morgan fingerprint density at radius 3 is 2.77 bits per heavy atom. The van der Waals surface area contributed by atoms with Gasteiger partial charge in [0.05, 0.1) is 5.02 Å². The first kappa shape index (κ1) is 8.60. The lowest BCUT2D eigenvalue weighted by Crippen LogP contribution is -1.78. The maximum Gasteiger partial charge on any atom is 0.284 e. The van der Waals surface area contributed by atoms with Crippen LogP contribution >= 0.6 is 23.2 Å². The molecule has 0 saturated heterocycles. The Kier molecular flexibility index (Phi) is 2.25. The van der Waals surface area contributed by atoms with E-state index in [1.165, 1.54) is 6.26 Å². The largest absolute Gasteiger partial charge is 0.440 e. The lowest BCUT2D eigenvalue weighted by atomic mass is 10.2. The first-order valence-electron chi connectivity index (χ1n) is 3.54. The maximum atomic E-state index is 5.94. The molecule has 0 atom stereocenters. The van der Waals surface area contributed by atoms with Gasteiger partial charge in [-0.25, -0.2) is 4.98 Å². The molecule has 2 rings (SSSR count). The molecule has 0 N–H and O–H groups in total. The van der Waals surface area contributed by atoms with Crippen molar-refractivity contribution in [3.63, 3.8) is 0 Å². The Balaban J connectivity index is 2.53. The van der Waals surface area contributed by atoms with Crippen LogP contribution in [0, 0.1) is 6.39 Å². The van der Waals surface area contributed by atoms with Gasteiger partial charge < -0.3 is 4.42 Å². The highest BCUT2D eigenvalue weighted by molar-refractivity contribution is 6.36. The van der Waals surface area contributed by atoms with Crippen LogP contribution in [0.3, 0.4) is 0 Å². The Morgan fingerprint density at radius 2 is 2.15 bits per heavy atom. The minimum Gasteiger partial charge on any atom is -0.440 e. The van der Waals surface area contributed by atoms with Crippen LogP contribution in [0.1, 0.15) is 0 Å². The minimum atomic E-state index is 0.551. The van der Waals surface area contributed by atoms with Gasteiger partial charge in [-0.3, -0.25) is 0 Å². The van der Waals surface area contributed by atoms with Gasteiger partial charge in [-0.05, 0) is 18.2 Å². The van der Waals surface area contributed by atoms with Crippen LogP contribution in [0.15, 0.2) is 28.9 Å². The summed E-state index contributed by atoms with van der Waals surface area (Å²) in [5.41, 5.74) is 1.44. The zero-order valence-corrected chi connectivity index (χ0v) is 7.93. The third-order valence-electron chi connectivity index (χ3n) is 1.60. The molecule has 0 bridgehead atoms. The number of aromatic nitrogens is 1. The Morgan fingerprint density at radius 1 is 1.31 bits per heavy atom. The van der Waals surface area contributed by atoms with E-state index in [2.05, 4.69) is 11.4 Å². The zero-order valence-electron chi connectivity index (χ0n) is 6.42. The van der Waals surface area contributed by atoms with E-state index in [1.807, 2.05) is 0 Å². The molecule has 2 aromatic rings. The molecule has 0 amide bonds. The topological polar surface area (TPSA) is 26.0 Å². The fourth-order valence-electron chi connectivity index (χ4n) is 1.00. The highest BCUT2D eigenvalue weighted by atomic mass is 35.5. The van der Waals surface area contributed by atoms with Crippen molar-refractivity contribution >= 4 is 23.2 Å². The van der Waals surface area contributed by atoms with Crippen molar-refractivity contribution in [3.8, 4) is 11.3 Å². The third kappa shape index (κ3) is 1.69. The summed E-state index contributed by atoms with van der Waals surface area (Å²) < 4.78 is 4.73. The van der Waals surface area contributed by atoms with E-state index in [0.29, 0.717) is 15.7 Å². The molecule has 0 fully saturated rings. The zero-order chi connectivity index (χ0) is 9.26. The number of rotatable bonds is 1. The van der Waals surface area contributed by atoms with E-state index >= 15 is 0 Å². The molecule has 1 aromatic heterocycles. The van der Waals surface area contributed by atoms with E-state index in [0.717, 1.165) is 5.56 Å². The third-order valence-corrected chi connectivity index (χ3v) is 2.14. The summed E-state index contributed by atoms with van der Waals surface area (Å²) in [4.78, 5) is 3.86. The highest BCUT2D eigenvalue weighted by Gasteiger charge is 2.06. The molecule has 1 heterocycles. The number of hydrogen-bond acceptors (Lipinski definition) is 2. The SMILES string of the molecule is Clc1ccc(-c2co[c]n2)c(Cl)c1. The molecule has 4 heteroatoms. The second-order valence-electron chi connectivity index (χ2n) is 2.45. The van der Waals surface area contributed by atoms with E-state index in [9.17, 15) is 0 Å². The molecule has 0 aliphatic heterocycles. The molecule has 13 heavy (non-hydrogen) atoms. The molecule has 0 spiro atoms. The number of oxazole rings is 1. The van der Waals surface area contributed by atoms with Crippen molar-refractivity contribution in [2.24, 2.45) is 0 Å². The van der Waals surface area contributed by atoms with Crippen molar-refractivity contribution < 1.29 is 4.42 Å². The number of nitrogens with zero attached hydrogens (tertiary/aromatic N) is 1. The van der Waals surface area contributed by atoms with Crippen molar-refractivity contribution in [1.82, 2.24) is 4.98 Å². The van der Waals surface area contributed by atoms with Gasteiger partial charge in [0, 0.05) is 10.6 Å². The number of halogens is 2. The van der Waals surface area contributed by atoms with Crippen LogP contribution in [0.5, 0.6) is 0 Å². The van der Waals surface area contributed by atoms with E-state index in [1.54, 1.807) is 18.2 Å². The fraction of sp³-hybridized carbons (Fsp3) is 0. The summed E-state index contributed by atoms with van der Waals surface area (Å²) in [7, 11) is 0. The Labute approximate surface area is 85.1 Å². The van der Waals surface area contributed by atoms with Crippen molar-refractivity contribution in [2.75, 3.05) is 0 Å². The normalized spacial score (nSPS) is 10.3. The standard InChI is InChI=1S/C9H4Cl2NO/c10-6-1-2-7(8(11)3-6)9-4-13-5-12-9/h1-4H. The Hall–Kier alpha value is -0.990. The fourth-order valence-corrected chi connectivity index (χ4v) is 1.51. The van der Waals surface area contributed by atoms with Crippen molar-refractivity contribution in [2.45, 2.75) is 0 Å². The summed E-state index contributed by atoms with van der Waals surface area (Å²) in [6.07, 6.45) is 3.83. The smallest absolute Gasteiger partial charge is 0.284 e. The first-order chi connectivity index (χ1) is 6.27. The summed E-state index contributed by atoms with van der Waals surface area (Å²) >= 11 is 11.7. The lowest BCUT2D eigenvalue weighted by Gasteiger charge is -1.99. The van der Waals surface area contributed by atoms with Crippen LogP contribution in [-0.4, -0.2) is 4.98 Å². The van der Waals surface area contributed by atoms with Crippen LogP contribution in [-0.2, 0) is 0 Å². The molecule has 65 valence electrons. The minimum absolute atomic E-state index is 0.551. The van der Waals surface area contributed by atoms with Gasteiger partial charge in [0.25, 0.3) is 6.39 Å². The van der Waals surface area contributed by atoms with Gasteiger partial charge in [0.1, 0.15) is 12.0 Å². The van der Waals surface area contributed by atoms with Crippen LogP contribution in [0.25, 0.3) is 11.3 Å². The predicted molar refractivity (Wildman–Crippen MR) is 50.8 cm³/mol. The van der Waals surface area contributed by atoms with E-state index in [-0.39, 0.29) is 0 Å². The highest BCUT2D eigenvalue weighted by Crippen LogP contribution is 2.28. The average Bonchev–Trinajstić information content (AvgIpc) is 2.56. The second kappa shape index (κ2) is 3.40. The van der Waals surface area contributed by atoms with E-state index in [4.69, 9.17) is 27.6 Å². The van der Waals surface area contributed by atoms with Gasteiger partial charge in [0.15, 0.2) is 0 Å². The lowest BCUT2D eigenvalue weighted by molar-refractivity contribution is 0.548.